The maximum atomic E-state index is 12.2. The maximum absolute atomic E-state index is 12.2. The van der Waals surface area contributed by atoms with Crippen LogP contribution in [-0.4, -0.2) is 55.5 Å². The second-order valence-corrected chi connectivity index (χ2v) is 5.83. The minimum atomic E-state index is -0.400. The molecule has 0 rings (SSSR count). The molecule has 0 aromatic heterocycles. The van der Waals surface area contributed by atoms with E-state index in [2.05, 4.69) is 24.1 Å². The van der Waals surface area contributed by atoms with Gasteiger partial charge in [-0.2, -0.15) is 0 Å². The molecule has 1 N–H and O–H groups in total. The van der Waals surface area contributed by atoms with Gasteiger partial charge in [-0.25, -0.2) is 0 Å². The van der Waals surface area contributed by atoms with Crippen molar-refractivity contribution in [2.75, 3.05) is 26.8 Å². The Hall–Kier alpha value is -0.940. The predicted molar refractivity (Wildman–Crippen MR) is 85.3 cm³/mol. The Labute approximate surface area is 129 Å². The van der Waals surface area contributed by atoms with Crippen molar-refractivity contribution in [3.05, 3.63) is 0 Å². The van der Waals surface area contributed by atoms with Crippen LogP contribution >= 0.6 is 0 Å². The normalized spacial score (nSPS) is 13.0. The lowest BCUT2D eigenvalue weighted by Crippen LogP contribution is -2.49. The van der Waals surface area contributed by atoms with Gasteiger partial charge in [0.25, 0.3) is 0 Å². The van der Waals surface area contributed by atoms with Crippen LogP contribution in [0.5, 0.6) is 0 Å². The topological polar surface area (TPSA) is 58.6 Å². The number of carbonyl (C=O) groups is 2. The number of nitrogens with one attached hydrogen (secondary N) is 1. The summed E-state index contributed by atoms with van der Waals surface area (Å²) in [4.78, 5) is 25.9. The lowest BCUT2D eigenvalue weighted by molar-refractivity contribution is -0.129. The standard InChI is InChI=1S/C16H32N2O3/c1-7-14(8-2)18(9-10-21-6)11-15(20)17-16(12(3)4)13(5)19/h12,14,16H,7-11H2,1-6H3,(H,17,20). The number of rotatable bonds is 11. The number of nitrogens with zero attached hydrogens (tertiary/aromatic N) is 1. The minimum Gasteiger partial charge on any atom is -0.383 e. The van der Waals surface area contributed by atoms with Crippen LogP contribution in [0.1, 0.15) is 47.5 Å². The van der Waals surface area contributed by atoms with Gasteiger partial charge in [0, 0.05) is 19.7 Å². The molecule has 0 saturated heterocycles. The van der Waals surface area contributed by atoms with Gasteiger partial charge in [0.15, 0.2) is 5.78 Å². The summed E-state index contributed by atoms with van der Waals surface area (Å²) in [6.45, 7) is 11.3. The number of hydrogen-bond acceptors (Lipinski definition) is 4. The quantitative estimate of drug-likeness (QED) is 0.633. The fourth-order valence-electron chi connectivity index (χ4n) is 2.55. The zero-order valence-electron chi connectivity index (χ0n) is 14.4. The number of methoxy groups -OCH3 is 1. The molecule has 1 atom stereocenters. The molecule has 0 radical (unpaired) electrons. The van der Waals surface area contributed by atoms with Crippen LogP contribution < -0.4 is 5.32 Å². The van der Waals surface area contributed by atoms with Gasteiger partial charge in [0.2, 0.25) is 5.91 Å². The van der Waals surface area contributed by atoms with Crippen molar-refractivity contribution in [2.45, 2.75) is 59.5 Å². The Kier molecular flexibility index (Phi) is 10.3. The fraction of sp³-hybridized carbons (Fsp3) is 0.875. The summed E-state index contributed by atoms with van der Waals surface area (Å²) >= 11 is 0. The van der Waals surface area contributed by atoms with Gasteiger partial charge in [-0.1, -0.05) is 27.7 Å². The maximum Gasteiger partial charge on any atom is 0.234 e. The molecule has 0 saturated carbocycles. The first-order chi connectivity index (χ1) is 9.87. The molecule has 0 bridgehead atoms. The van der Waals surface area contributed by atoms with Gasteiger partial charge in [0.05, 0.1) is 19.2 Å². The molecule has 0 aliphatic carbocycles. The third kappa shape index (κ3) is 7.58. The molecule has 1 unspecified atom stereocenters. The van der Waals surface area contributed by atoms with E-state index < -0.39 is 6.04 Å². The van der Waals surface area contributed by atoms with Crippen LogP contribution in [0.4, 0.5) is 0 Å². The number of hydrogen-bond donors (Lipinski definition) is 1. The molecule has 5 nitrogen and oxygen atoms in total. The third-order valence-corrected chi connectivity index (χ3v) is 3.81. The first kappa shape index (κ1) is 20.1. The predicted octanol–water partition coefficient (Wildman–Crippen LogP) is 1.85. The summed E-state index contributed by atoms with van der Waals surface area (Å²) in [6, 6.07) is -0.0378. The van der Waals surface area contributed by atoms with Crippen molar-refractivity contribution in [2.24, 2.45) is 5.92 Å². The summed E-state index contributed by atoms with van der Waals surface area (Å²) in [7, 11) is 1.66. The SMILES string of the molecule is CCC(CC)N(CCOC)CC(=O)NC(C(C)=O)C(C)C. The summed E-state index contributed by atoms with van der Waals surface area (Å²) in [5, 5.41) is 2.85. The van der Waals surface area contributed by atoms with Crippen LogP contribution in [0.2, 0.25) is 0 Å². The zero-order valence-corrected chi connectivity index (χ0v) is 14.4. The van der Waals surface area contributed by atoms with Crippen LogP contribution in [0.3, 0.4) is 0 Å². The van der Waals surface area contributed by atoms with E-state index in [1.165, 1.54) is 6.92 Å². The molecular weight excluding hydrogens is 268 g/mol. The van der Waals surface area contributed by atoms with Crippen LogP contribution in [0, 0.1) is 5.92 Å². The minimum absolute atomic E-state index is 0.00400. The highest BCUT2D eigenvalue weighted by atomic mass is 16.5. The molecule has 0 aromatic rings. The molecule has 0 aromatic carbocycles. The highest BCUT2D eigenvalue weighted by molar-refractivity contribution is 5.88. The van der Waals surface area contributed by atoms with Crippen molar-refractivity contribution in [3.8, 4) is 0 Å². The zero-order chi connectivity index (χ0) is 16.4. The molecule has 0 fully saturated rings. The van der Waals surface area contributed by atoms with Gasteiger partial charge in [0.1, 0.15) is 0 Å². The first-order valence-electron chi connectivity index (χ1n) is 7.90. The molecule has 0 aliphatic rings. The molecule has 0 aliphatic heterocycles. The van der Waals surface area contributed by atoms with E-state index in [1.54, 1.807) is 7.11 Å². The second kappa shape index (κ2) is 10.7. The Balaban J connectivity index is 4.67. The Bertz CT molecular complexity index is 315. The number of carbonyl (C=O) groups excluding carboxylic acids is 2. The van der Waals surface area contributed by atoms with Crippen molar-refractivity contribution < 1.29 is 14.3 Å². The number of ketones is 1. The van der Waals surface area contributed by atoms with E-state index in [4.69, 9.17) is 4.74 Å². The first-order valence-corrected chi connectivity index (χ1v) is 7.90. The van der Waals surface area contributed by atoms with Gasteiger partial charge in [-0.3, -0.25) is 14.5 Å². The smallest absolute Gasteiger partial charge is 0.234 e. The summed E-state index contributed by atoms with van der Waals surface area (Å²) in [6.07, 6.45) is 1.99. The molecule has 0 heterocycles. The number of ether oxygens (including phenoxy) is 1. The summed E-state index contributed by atoms with van der Waals surface area (Å²) in [5.74, 6) is 0.0169. The monoisotopic (exact) mass is 300 g/mol. The Morgan fingerprint density at radius 1 is 1.19 bits per heavy atom. The number of Topliss-reactive ketones (excluding diaryl/α,β-unsaturated/α-hetero) is 1. The fourth-order valence-corrected chi connectivity index (χ4v) is 2.55. The Morgan fingerprint density at radius 3 is 2.14 bits per heavy atom. The largest absolute Gasteiger partial charge is 0.383 e. The highest BCUT2D eigenvalue weighted by Gasteiger charge is 2.23. The lowest BCUT2D eigenvalue weighted by atomic mass is 10.0. The summed E-state index contributed by atoms with van der Waals surface area (Å²) < 4.78 is 5.12. The average molecular weight is 300 g/mol. The van der Waals surface area contributed by atoms with Crippen LogP contribution in [0.15, 0.2) is 0 Å². The van der Waals surface area contributed by atoms with Crippen molar-refractivity contribution in [3.63, 3.8) is 0 Å². The number of amides is 1. The Morgan fingerprint density at radius 2 is 1.76 bits per heavy atom. The molecule has 21 heavy (non-hydrogen) atoms. The summed E-state index contributed by atoms with van der Waals surface area (Å²) in [5.41, 5.74) is 0. The van der Waals surface area contributed by atoms with E-state index >= 15 is 0 Å². The van der Waals surface area contributed by atoms with Gasteiger partial charge in [-0.15, -0.1) is 0 Å². The molecule has 1 amide bonds. The van der Waals surface area contributed by atoms with Crippen LogP contribution in [0.25, 0.3) is 0 Å². The van der Waals surface area contributed by atoms with E-state index in [0.29, 0.717) is 19.2 Å². The van der Waals surface area contributed by atoms with E-state index in [9.17, 15) is 9.59 Å². The van der Waals surface area contributed by atoms with Gasteiger partial charge < -0.3 is 10.1 Å². The van der Waals surface area contributed by atoms with Crippen molar-refractivity contribution in [1.82, 2.24) is 10.2 Å². The molecule has 124 valence electrons. The molecule has 0 spiro atoms. The average Bonchev–Trinajstić information content (AvgIpc) is 2.42. The van der Waals surface area contributed by atoms with Crippen molar-refractivity contribution in [1.29, 1.82) is 0 Å². The highest BCUT2D eigenvalue weighted by Crippen LogP contribution is 2.09. The van der Waals surface area contributed by atoms with Crippen LogP contribution in [-0.2, 0) is 14.3 Å². The van der Waals surface area contributed by atoms with E-state index in [1.807, 2.05) is 13.8 Å². The second-order valence-electron chi connectivity index (χ2n) is 5.83. The van der Waals surface area contributed by atoms with Gasteiger partial charge in [-0.05, 0) is 25.7 Å². The molecule has 5 heteroatoms. The lowest BCUT2D eigenvalue weighted by Gasteiger charge is -2.30. The van der Waals surface area contributed by atoms with E-state index in [-0.39, 0.29) is 17.6 Å². The van der Waals surface area contributed by atoms with Gasteiger partial charge >= 0.3 is 0 Å². The van der Waals surface area contributed by atoms with E-state index in [0.717, 1.165) is 19.4 Å². The molecular formula is C16H32N2O3. The van der Waals surface area contributed by atoms with Crippen molar-refractivity contribution >= 4 is 11.7 Å². The third-order valence-electron chi connectivity index (χ3n) is 3.81.